The molecule has 0 N–H and O–H groups in total. The van der Waals surface area contributed by atoms with Gasteiger partial charge in [-0.15, -0.1) is 5.10 Å². The Labute approximate surface area is 191 Å². The molecule has 2 aromatic heterocycles. The normalized spacial score (nSPS) is 18.4. The third-order valence-corrected chi connectivity index (χ3v) is 8.74. The van der Waals surface area contributed by atoms with Crippen molar-refractivity contribution in [3.05, 3.63) is 59.5 Å². The van der Waals surface area contributed by atoms with Crippen LogP contribution in [0.1, 0.15) is 35.7 Å². The highest BCUT2D eigenvalue weighted by molar-refractivity contribution is 7.89. The van der Waals surface area contributed by atoms with Gasteiger partial charge in [-0.3, -0.25) is 0 Å². The largest absolute Gasteiger partial charge is 0.494 e. The number of rotatable bonds is 4. The van der Waals surface area contributed by atoms with Crippen molar-refractivity contribution in [1.82, 2.24) is 29.1 Å². The quantitative estimate of drug-likeness (QED) is 0.461. The summed E-state index contributed by atoms with van der Waals surface area (Å²) in [5.74, 6) is 0.496. The monoisotopic (exact) mass is 464 g/mol. The van der Waals surface area contributed by atoms with Gasteiger partial charge in [0.2, 0.25) is 10.0 Å². The predicted octanol–water partition coefficient (Wildman–Crippen LogP) is 3.02. The number of fused-ring (bicyclic) bond motifs is 3. The summed E-state index contributed by atoms with van der Waals surface area (Å²) in [7, 11) is -2.22. The highest BCUT2D eigenvalue weighted by Crippen LogP contribution is 2.44. The Bertz CT molecular complexity index is 1480. The van der Waals surface area contributed by atoms with E-state index in [0.717, 1.165) is 25.0 Å². The molecular weight excluding hydrogens is 440 g/mol. The lowest BCUT2D eigenvalue weighted by atomic mass is 9.90. The second-order valence-corrected chi connectivity index (χ2v) is 10.5. The zero-order valence-corrected chi connectivity index (χ0v) is 19.3. The van der Waals surface area contributed by atoms with Crippen molar-refractivity contribution in [2.75, 3.05) is 13.7 Å². The van der Waals surface area contributed by atoms with Crippen molar-refractivity contribution in [3.8, 4) is 11.4 Å². The summed E-state index contributed by atoms with van der Waals surface area (Å²) in [6, 6.07) is 11.2. The maximum atomic E-state index is 13.9. The van der Waals surface area contributed by atoms with E-state index in [0.29, 0.717) is 24.5 Å². The standard InChI is InChI=1S/C23H24N6O3S/c1-15-6-8-19-18(12-15)17-4-3-5-20-23(17)27(19)10-11-29(20)33(30,31)16-7-9-22(32-2)21(13-16)28-14-24-25-26-28/h6-9,12-14,20H,3-5,10-11H2,1-2H3/t20-/m0/s1. The van der Waals surface area contributed by atoms with Crippen molar-refractivity contribution in [3.63, 3.8) is 0 Å². The Morgan fingerprint density at radius 2 is 2.00 bits per heavy atom. The lowest BCUT2D eigenvalue weighted by molar-refractivity contribution is 0.243. The summed E-state index contributed by atoms with van der Waals surface area (Å²) in [4.78, 5) is 0.210. The number of methoxy groups -OCH3 is 1. The fourth-order valence-corrected chi connectivity index (χ4v) is 7.02. The second-order valence-electron chi connectivity index (χ2n) is 8.65. The molecule has 2 aliphatic rings. The van der Waals surface area contributed by atoms with E-state index in [2.05, 4.69) is 45.2 Å². The Kier molecular flexibility index (Phi) is 4.56. The van der Waals surface area contributed by atoms with Gasteiger partial charge in [-0.05, 0) is 72.5 Å². The first-order valence-corrected chi connectivity index (χ1v) is 12.5. The van der Waals surface area contributed by atoms with Crippen molar-refractivity contribution in [2.45, 2.75) is 43.7 Å². The number of ether oxygens (including phenoxy) is 1. The van der Waals surface area contributed by atoms with Crippen molar-refractivity contribution in [2.24, 2.45) is 0 Å². The van der Waals surface area contributed by atoms with Gasteiger partial charge >= 0.3 is 0 Å². The zero-order valence-electron chi connectivity index (χ0n) is 18.5. The fourth-order valence-electron chi connectivity index (χ4n) is 5.39. The second kappa shape index (κ2) is 7.39. The van der Waals surface area contributed by atoms with Crippen LogP contribution in [0.4, 0.5) is 0 Å². The molecule has 9 nitrogen and oxygen atoms in total. The lowest BCUT2D eigenvalue weighted by Gasteiger charge is -2.39. The number of tetrazole rings is 1. The molecule has 4 aromatic rings. The number of hydrogen-bond acceptors (Lipinski definition) is 6. The molecule has 1 aliphatic heterocycles. The van der Waals surface area contributed by atoms with Gasteiger partial charge in [-0.1, -0.05) is 11.6 Å². The molecule has 6 rings (SSSR count). The summed E-state index contributed by atoms with van der Waals surface area (Å²) in [5.41, 5.74) is 5.37. The van der Waals surface area contributed by atoms with Crippen LogP contribution in [0.2, 0.25) is 0 Å². The van der Waals surface area contributed by atoms with Gasteiger partial charge in [0.05, 0.1) is 18.0 Å². The molecule has 0 bridgehead atoms. The third-order valence-electron chi connectivity index (χ3n) is 6.83. The minimum Gasteiger partial charge on any atom is -0.494 e. The maximum absolute atomic E-state index is 13.9. The third kappa shape index (κ3) is 3.01. The number of aryl methyl sites for hydroxylation is 2. The van der Waals surface area contributed by atoms with Gasteiger partial charge in [-0.2, -0.15) is 8.99 Å². The maximum Gasteiger partial charge on any atom is 0.243 e. The van der Waals surface area contributed by atoms with E-state index in [1.165, 1.54) is 40.1 Å². The molecule has 33 heavy (non-hydrogen) atoms. The number of nitrogens with zero attached hydrogens (tertiary/aromatic N) is 6. The highest BCUT2D eigenvalue weighted by atomic mass is 32.2. The molecule has 3 heterocycles. The molecule has 170 valence electrons. The smallest absolute Gasteiger partial charge is 0.243 e. The first kappa shape index (κ1) is 20.4. The van der Waals surface area contributed by atoms with Crippen LogP contribution in [0.25, 0.3) is 16.6 Å². The van der Waals surface area contributed by atoms with Crippen LogP contribution in [0.15, 0.2) is 47.6 Å². The van der Waals surface area contributed by atoms with Crippen LogP contribution in [0, 0.1) is 6.92 Å². The van der Waals surface area contributed by atoms with E-state index in [1.54, 1.807) is 22.5 Å². The summed E-state index contributed by atoms with van der Waals surface area (Å²) < 4.78 is 38.7. The minimum atomic E-state index is -3.75. The zero-order chi connectivity index (χ0) is 22.7. The van der Waals surface area contributed by atoms with Crippen molar-refractivity contribution >= 4 is 20.9 Å². The van der Waals surface area contributed by atoms with Crippen LogP contribution in [0.5, 0.6) is 5.75 Å². The molecule has 0 radical (unpaired) electrons. The van der Waals surface area contributed by atoms with Crippen molar-refractivity contribution in [1.29, 1.82) is 0 Å². The first-order valence-electron chi connectivity index (χ1n) is 11.0. The first-order chi connectivity index (χ1) is 16.0. The summed E-state index contributed by atoms with van der Waals surface area (Å²) in [6.07, 6.45) is 4.19. The van der Waals surface area contributed by atoms with E-state index in [1.807, 2.05) is 0 Å². The molecule has 10 heteroatoms. The average molecular weight is 465 g/mol. The van der Waals surface area contributed by atoms with Gasteiger partial charge in [0.15, 0.2) is 0 Å². The SMILES string of the molecule is COc1ccc(S(=O)(=O)N2CCn3c4c(c5cc(C)ccc53)CCC[C@@H]42)cc1-n1cnnn1. The van der Waals surface area contributed by atoms with Crippen LogP contribution in [-0.4, -0.2) is 51.2 Å². The molecule has 0 amide bonds. The van der Waals surface area contributed by atoms with Crippen molar-refractivity contribution < 1.29 is 13.2 Å². The van der Waals surface area contributed by atoms with Gasteiger partial charge < -0.3 is 9.30 Å². The van der Waals surface area contributed by atoms with Crippen LogP contribution < -0.4 is 4.74 Å². The fraction of sp³-hybridized carbons (Fsp3) is 0.348. The van der Waals surface area contributed by atoms with Gasteiger partial charge in [0, 0.05) is 29.7 Å². The molecule has 0 saturated carbocycles. The Morgan fingerprint density at radius 3 is 2.79 bits per heavy atom. The van der Waals surface area contributed by atoms with E-state index < -0.39 is 10.0 Å². The van der Waals surface area contributed by atoms with Crippen LogP contribution in [-0.2, 0) is 23.0 Å². The summed E-state index contributed by atoms with van der Waals surface area (Å²) >= 11 is 0. The predicted molar refractivity (Wildman–Crippen MR) is 122 cm³/mol. The molecule has 1 aliphatic carbocycles. The molecular formula is C23H24N6O3S. The Hall–Kier alpha value is -3.24. The van der Waals surface area contributed by atoms with Gasteiger partial charge in [0.25, 0.3) is 0 Å². The van der Waals surface area contributed by atoms with Crippen LogP contribution >= 0.6 is 0 Å². The molecule has 1 atom stereocenters. The van der Waals surface area contributed by atoms with E-state index in [4.69, 9.17) is 4.74 Å². The highest BCUT2D eigenvalue weighted by Gasteiger charge is 2.41. The summed E-state index contributed by atoms with van der Waals surface area (Å²) in [5, 5.41) is 12.5. The number of sulfonamides is 1. The van der Waals surface area contributed by atoms with E-state index in [-0.39, 0.29) is 10.9 Å². The topological polar surface area (TPSA) is 95.1 Å². The molecule has 0 unspecified atom stereocenters. The number of aromatic nitrogens is 5. The lowest BCUT2D eigenvalue weighted by Crippen LogP contribution is -2.43. The minimum absolute atomic E-state index is 0.168. The Balaban J connectivity index is 1.46. The molecule has 0 fully saturated rings. The van der Waals surface area contributed by atoms with E-state index in [9.17, 15) is 8.42 Å². The molecule has 2 aromatic carbocycles. The number of hydrogen-bond donors (Lipinski definition) is 0. The molecule has 0 spiro atoms. The van der Waals surface area contributed by atoms with Gasteiger partial charge in [0.1, 0.15) is 17.8 Å². The average Bonchev–Trinajstić information content (AvgIpc) is 3.47. The van der Waals surface area contributed by atoms with Crippen LogP contribution in [0.3, 0.4) is 0 Å². The molecule has 0 saturated heterocycles. The summed E-state index contributed by atoms with van der Waals surface area (Å²) in [6.45, 7) is 3.18. The number of benzene rings is 2. The van der Waals surface area contributed by atoms with E-state index >= 15 is 0 Å². The van der Waals surface area contributed by atoms with Gasteiger partial charge in [-0.25, -0.2) is 8.42 Å². The Morgan fingerprint density at radius 1 is 1.12 bits per heavy atom.